The number of unbranched alkanes of at least 4 members (excludes halogenated alkanes) is 9. The summed E-state index contributed by atoms with van der Waals surface area (Å²) in [7, 11) is -1.32. The molecule has 0 fully saturated rings. The van der Waals surface area contributed by atoms with E-state index in [2.05, 4.69) is 6.92 Å². The van der Waals surface area contributed by atoms with Gasteiger partial charge in [0.2, 0.25) is 0 Å². The number of hydrogen-bond acceptors (Lipinski definition) is 3. The molecule has 0 aliphatic rings. The molecule has 0 N–H and O–H groups in total. The number of hydrogen-bond donors (Lipinski definition) is 0. The first kappa shape index (κ1) is 18.1. The topological polar surface area (TPSA) is 35.5 Å². The smallest absolute Gasteiger partial charge is 0.312 e. The molecule has 110 valence electrons. The van der Waals surface area contributed by atoms with E-state index in [1.54, 1.807) is 0 Å². The Morgan fingerprint density at radius 1 is 0.833 bits per heavy atom. The Balaban J connectivity index is 3.10. The maximum Gasteiger partial charge on any atom is 0.327 e. The second-order valence-corrected chi connectivity index (χ2v) is 7.14. The minimum Gasteiger partial charge on any atom is -0.312 e. The van der Waals surface area contributed by atoms with Crippen LogP contribution in [0.3, 0.4) is 0 Å². The van der Waals surface area contributed by atoms with Crippen LogP contribution in [0.15, 0.2) is 0 Å². The Morgan fingerprint density at radius 2 is 1.28 bits per heavy atom. The molecule has 3 nitrogen and oxygen atoms in total. The van der Waals surface area contributed by atoms with Gasteiger partial charge in [-0.05, 0) is 6.42 Å². The van der Waals surface area contributed by atoms with E-state index >= 15 is 0 Å². The molecule has 18 heavy (non-hydrogen) atoms. The third-order valence-electron chi connectivity index (χ3n) is 3.16. The van der Waals surface area contributed by atoms with Crippen LogP contribution in [0, 0.1) is 0 Å². The van der Waals surface area contributed by atoms with Gasteiger partial charge in [0.1, 0.15) is 0 Å². The van der Waals surface area contributed by atoms with Gasteiger partial charge in [-0.2, -0.15) is 0 Å². The third kappa shape index (κ3) is 12.6. The summed E-state index contributed by atoms with van der Waals surface area (Å²) in [6.45, 7) is 4.32. The number of rotatable bonds is 13. The normalized spacial score (nSPS) is 14.6. The monoisotopic (exact) mass is 278 g/mol. The zero-order chi connectivity index (χ0) is 13.7. The van der Waals surface area contributed by atoms with Crippen molar-refractivity contribution in [2.24, 2.45) is 0 Å². The predicted molar refractivity (Wildman–Crippen MR) is 78.3 cm³/mol. The van der Waals surface area contributed by atoms with E-state index in [9.17, 15) is 4.57 Å². The van der Waals surface area contributed by atoms with Crippen molar-refractivity contribution in [3.05, 3.63) is 0 Å². The first-order valence-corrected chi connectivity index (χ1v) is 9.39. The SMILES string of the molecule is CCCCCCCCCCCCOP(C)(=O)OC. The predicted octanol–water partition coefficient (Wildman–Crippen LogP) is 5.39. The van der Waals surface area contributed by atoms with Crippen LogP contribution >= 0.6 is 7.60 Å². The molecule has 0 spiro atoms. The molecule has 0 saturated carbocycles. The van der Waals surface area contributed by atoms with Gasteiger partial charge in [-0.1, -0.05) is 64.7 Å². The molecule has 0 rings (SSSR count). The van der Waals surface area contributed by atoms with Crippen LogP contribution in [0.1, 0.15) is 71.1 Å². The molecule has 0 aliphatic heterocycles. The Hall–Kier alpha value is 0.150. The van der Waals surface area contributed by atoms with Gasteiger partial charge in [0.15, 0.2) is 0 Å². The molecule has 0 amide bonds. The van der Waals surface area contributed by atoms with Crippen LogP contribution < -0.4 is 0 Å². The molecule has 0 radical (unpaired) electrons. The molecule has 0 aromatic heterocycles. The molecule has 1 atom stereocenters. The quantitative estimate of drug-likeness (QED) is 0.334. The molecule has 0 aromatic carbocycles. The van der Waals surface area contributed by atoms with Gasteiger partial charge < -0.3 is 9.05 Å². The van der Waals surface area contributed by atoms with E-state index in [4.69, 9.17) is 9.05 Å². The largest absolute Gasteiger partial charge is 0.327 e. The minimum atomic E-state index is -2.75. The summed E-state index contributed by atoms with van der Waals surface area (Å²) in [4.78, 5) is 0. The van der Waals surface area contributed by atoms with Crippen molar-refractivity contribution in [3.63, 3.8) is 0 Å². The fourth-order valence-electron chi connectivity index (χ4n) is 1.87. The van der Waals surface area contributed by atoms with Crippen LogP contribution in [-0.2, 0) is 13.6 Å². The summed E-state index contributed by atoms with van der Waals surface area (Å²) in [6, 6.07) is 0. The molecule has 0 saturated heterocycles. The van der Waals surface area contributed by atoms with Crippen molar-refractivity contribution in [1.82, 2.24) is 0 Å². The molecular formula is C14H31O3P. The summed E-state index contributed by atoms with van der Waals surface area (Å²) < 4.78 is 21.3. The zero-order valence-corrected chi connectivity index (χ0v) is 13.3. The minimum absolute atomic E-state index is 0.554. The van der Waals surface area contributed by atoms with E-state index in [1.165, 1.54) is 71.6 Å². The summed E-state index contributed by atoms with van der Waals surface area (Å²) in [6.07, 6.45) is 13.0. The lowest BCUT2D eigenvalue weighted by molar-refractivity contribution is 0.233. The first-order valence-electron chi connectivity index (χ1n) is 7.40. The Labute approximate surface area is 113 Å². The van der Waals surface area contributed by atoms with Crippen LogP contribution in [0.4, 0.5) is 0 Å². The van der Waals surface area contributed by atoms with Crippen LogP contribution in [0.2, 0.25) is 0 Å². The highest BCUT2D eigenvalue weighted by Gasteiger charge is 2.12. The van der Waals surface area contributed by atoms with Crippen molar-refractivity contribution in [3.8, 4) is 0 Å². The Morgan fingerprint density at radius 3 is 1.72 bits per heavy atom. The average molecular weight is 278 g/mol. The van der Waals surface area contributed by atoms with E-state index in [1.807, 2.05) is 0 Å². The fourth-order valence-corrected chi connectivity index (χ4v) is 2.44. The van der Waals surface area contributed by atoms with Gasteiger partial charge in [0, 0.05) is 13.8 Å². The maximum atomic E-state index is 11.4. The van der Waals surface area contributed by atoms with E-state index in [0.717, 1.165) is 6.42 Å². The highest BCUT2D eigenvalue weighted by atomic mass is 31.2. The highest BCUT2D eigenvalue weighted by Crippen LogP contribution is 2.42. The molecule has 1 unspecified atom stereocenters. The van der Waals surface area contributed by atoms with Crippen molar-refractivity contribution in [2.75, 3.05) is 20.4 Å². The average Bonchev–Trinajstić information content (AvgIpc) is 2.36. The van der Waals surface area contributed by atoms with E-state index in [-0.39, 0.29) is 0 Å². The van der Waals surface area contributed by atoms with E-state index < -0.39 is 7.60 Å². The first-order chi connectivity index (χ1) is 8.62. The standard InChI is InChI=1S/C14H31O3P/c1-4-5-6-7-8-9-10-11-12-13-14-17-18(3,15)16-2/h4-14H2,1-3H3. The highest BCUT2D eigenvalue weighted by molar-refractivity contribution is 7.52. The van der Waals surface area contributed by atoms with Crippen LogP contribution in [-0.4, -0.2) is 20.4 Å². The van der Waals surface area contributed by atoms with Gasteiger partial charge in [0.05, 0.1) is 6.61 Å². The summed E-state index contributed by atoms with van der Waals surface area (Å²) in [5.74, 6) is 0. The van der Waals surface area contributed by atoms with Gasteiger partial charge in [-0.15, -0.1) is 0 Å². The summed E-state index contributed by atoms with van der Waals surface area (Å²) >= 11 is 0. The fraction of sp³-hybridized carbons (Fsp3) is 1.00. The molecule has 0 bridgehead atoms. The second kappa shape index (κ2) is 12.2. The van der Waals surface area contributed by atoms with Gasteiger partial charge in [-0.3, -0.25) is 4.57 Å². The van der Waals surface area contributed by atoms with Crippen molar-refractivity contribution >= 4 is 7.60 Å². The molecular weight excluding hydrogens is 247 g/mol. The van der Waals surface area contributed by atoms with Crippen LogP contribution in [0.25, 0.3) is 0 Å². The molecule has 4 heteroatoms. The lowest BCUT2D eigenvalue weighted by Crippen LogP contribution is -1.94. The second-order valence-electron chi connectivity index (χ2n) is 4.97. The van der Waals surface area contributed by atoms with Crippen molar-refractivity contribution < 1.29 is 13.6 Å². The van der Waals surface area contributed by atoms with Crippen molar-refractivity contribution in [1.29, 1.82) is 0 Å². The lowest BCUT2D eigenvalue weighted by atomic mass is 10.1. The molecule has 0 aromatic rings. The van der Waals surface area contributed by atoms with Gasteiger partial charge >= 0.3 is 7.60 Å². The van der Waals surface area contributed by atoms with Gasteiger partial charge in [0.25, 0.3) is 0 Å². The van der Waals surface area contributed by atoms with E-state index in [0.29, 0.717) is 6.61 Å². The summed E-state index contributed by atoms with van der Waals surface area (Å²) in [5.41, 5.74) is 0. The van der Waals surface area contributed by atoms with Crippen LogP contribution in [0.5, 0.6) is 0 Å². The Kier molecular flexibility index (Phi) is 12.3. The lowest BCUT2D eigenvalue weighted by Gasteiger charge is -2.10. The molecule has 0 heterocycles. The molecule has 0 aliphatic carbocycles. The maximum absolute atomic E-state index is 11.4. The Bertz CT molecular complexity index is 219. The van der Waals surface area contributed by atoms with Crippen molar-refractivity contribution in [2.45, 2.75) is 71.1 Å². The van der Waals surface area contributed by atoms with Gasteiger partial charge in [-0.25, -0.2) is 0 Å². The third-order valence-corrected chi connectivity index (χ3v) is 4.47. The zero-order valence-electron chi connectivity index (χ0n) is 12.5. The summed E-state index contributed by atoms with van der Waals surface area (Å²) in [5, 5.41) is 0.